The maximum Gasteiger partial charge on any atom is 0.306 e. The number of esters is 1. The highest BCUT2D eigenvalue weighted by atomic mass is 16.7. The third-order valence-corrected chi connectivity index (χ3v) is 2.64. The predicted molar refractivity (Wildman–Crippen MR) is 69.9 cm³/mol. The van der Waals surface area contributed by atoms with Gasteiger partial charge in [0.1, 0.15) is 6.61 Å². The van der Waals surface area contributed by atoms with Crippen LogP contribution in [0.2, 0.25) is 0 Å². The average molecular weight is 265 g/mol. The minimum atomic E-state index is -0.295. The molecule has 0 N–H and O–H groups in total. The normalized spacial score (nSPS) is 10.0. The van der Waals surface area contributed by atoms with Crippen LogP contribution in [-0.4, -0.2) is 31.1 Å². The summed E-state index contributed by atoms with van der Waals surface area (Å²) in [5.41, 5.74) is 0.950. The molecule has 5 heteroatoms. The third-order valence-electron chi connectivity index (χ3n) is 2.64. The van der Waals surface area contributed by atoms with Gasteiger partial charge in [0, 0.05) is 19.9 Å². The number of hydrogen-bond donors (Lipinski definition) is 0. The Balaban J connectivity index is 2.17. The van der Waals surface area contributed by atoms with Crippen LogP contribution in [0, 0.1) is 0 Å². The molecule has 1 aromatic rings. The fourth-order valence-corrected chi connectivity index (χ4v) is 1.45. The minimum Gasteiger partial charge on any atom is -0.461 e. The molecule has 0 atom stereocenters. The van der Waals surface area contributed by atoms with Gasteiger partial charge < -0.3 is 4.74 Å². The molecule has 1 amide bonds. The number of hydrogen-bond acceptors (Lipinski definition) is 4. The van der Waals surface area contributed by atoms with Crippen molar-refractivity contribution in [1.82, 2.24) is 5.06 Å². The van der Waals surface area contributed by atoms with E-state index in [-0.39, 0.29) is 31.3 Å². The summed E-state index contributed by atoms with van der Waals surface area (Å²) in [6.07, 6.45) is 0.959. The zero-order chi connectivity index (χ0) is 14.1. The maximum atomic E-state index is 11.5. The zero-order valence-corrected chi connectivity index (χ0v) is 11.3. The molecule has 0 saturated carbocycles. The molecule has 0 heterocycles. The Bertz CT molecular complexity index is 405. The van der Waals surface area contributed by atoms with Gasteiger partial charge in [-0.05, 0) is 12.0 Å². The van der Waals surface area contributed by atoms with E-state index in [0.717, 1.165) is 10.6 Å². The number of ether oxygens (including phenoxy) is 1. The van der Waals surface area contributed by atoms with E-state index in [2.05, 4.69) is 0 Å². The van der Waals surface area contributed by atoms with Gasteiger partial charge in [-0.3, -0.25) is 14.4 Å². The van der Waals surface area contributed by atoms with Crippen LogP contribution in [0.3, 0.4) is 0 Å². The second-order valence-corrected chi connectivity index (χ2v) is 4.07. The lowest BCUT2D eigenvalue weighted by Gasteiger charge is -2.12. The van der Waals surface area contributed by atoms with Crippen LogP contribution in [0.25, 0.3) is 0 Å². The first-order valence-electron chi connectivity index (χ1n) is 6.13. The van der Waals surface area contributed by atoms with Crippen molar-refractivity contribution in [3.63, 3.8) is 0 Å². The fourth-order valence-electron chi connectivity index (χ4n) is 1.45. The largest absolute Gasteiger partial charge is 0.461 e. The maximum absolute atomic E-state index is 11.5. The van der Waals surface area contributed by atoms with Crippen molar-refractivity contribution >= 4 is 11.9 Å². The van der Waals surface area contributed by atoms with Gasteiger partial charge in [0.05, 0.1) is 7.11 Å². The number of nitrogens with zero attached hydrogens (tertiary/aromatic N) is 1. The molecule has 19 heavy (non-hydrogen) atoms. The molecule has 0 unspecified atom stereocenters. The molecule has 5 nitrogen and oxygen atoms in total. The summed E-state index contributed by atoms with van der Waals surface area (Å²) in [6, 6.07) is 9.47. The van der Waals surface area contributed by atoms with E-state index in [1.807, 2.05) is 30.3 Å². The number of rotatable bonds is 7. The first-order valence-corrected chi connectivity index (χ1v) is 6.13. The van der Waals surface area contributed by atoms with E-state index in [4.69, 9.17) is 9.57 Å². The predicted octanol–water partition coefficient (Wildman–Crippen LogP) is 1.92. The molecule has 0 fully saturated rings. The van der Waals surface area contributed by atoms with Crippen LogP contribution in [0.1, 0.15) is 24.8 Å². The Morgan fingerprint density at radius 2 is 1.84 bits per heavy atom. The standard InChI is InChI=1S/C14H19NO4/c1-15(18-2)13(16)9-6-10-14(17)19-11-12-7-4-3-5-8-12/h3-5,7-8H,6,9-11H2,1-2H3. The Labute approximate surface area is 113 Å². The van der Waals surface area contributed by atoms with Crippen molar-refractivity contribution in [2.45, 2.75) is 25.9 Å². The van der Waals surface area contributed by atoms with Gasteiger partial charge >= 0.3 is 5.97 Å². The number of benzene rings is 1. The van der Waals surface area contributed by atoms with Gasteiger partial charge in [-0.2, -0.15) is 0 Å². The van der Waals surface area contributed by atoms with Gasteiger partial charge in [0.2, 0.25) is 5.91 Å². The topological polar surface area (TPSA) is 55.8 Å². The lowest BCUT2D eigenvalue weighted by atomic mass is 10.2. The number of amides is 1. The van der Waals surface area contributed by atoms with Crippen LogP contribution < -0.4 is 0 Å². The second-order valence-electron chi connectivity index (χ2n) is 4.07. The Morgan fingerprint density at radius 1 is 1.16 bits per heavy atom. The molecule has 0 aromatic heterocycles. The molecule has 0 saturated heterocycles. The highest BCUT2D eigenvalue weighted by Crippen LogP contribution is 2.05. The Kier molecular flexibility index (Phi) is 6.60. The van der Waals surface area contributed by atoms with Crippen LogP contribution in [0.4, 0.5) is 0 Å². The smallest absolute Gasteiger partial charge is 0.306 e. The summed E-state index contributed by atoms with van der Waals surface area (Å²) in [5.74, 6) is -0.449. The van der Waals surface area contributed by atoms with Crippen LogP contribution >= 0.6 is 0 Å². The molecule has 1 aromatic carbocycles. The van der Waals surface area contributed by atoms with Gasteiger partial charge in [0.25, 0.3) is 0 Å². The Morgan fingerprint density at radius 3 is 2.47 bits per heavy atom. The van der Waals surface area contributed by atoms with Crippen molar-refractivity contribution in [3.05, 3.63) is 35.9 Å². The van der Waals surface area contributed by atoms with E-state index in [1.54, 1.807) is 0 Å². The molecule has 0 aliphatic heterocycles. The van der Waals surface area contributed by atoms with Gasteiger partial charge in [-0.1, -0.05) is 30.3 Å². The highest BCUT2D eigenvalue weighted by molar-refractivity contribution is 5.76. The summed E-state index contributed by atoms with van der Waals surface area (Å²) in [7, 11) is 2.96. The molecular weight excluding hydrogens is 246 g/mol. The van der Waals surface area contributed by atoms with E-state index in [9.17, 15) is 9.59 Å². The molecule has 0 bridgehead atoms. The lowest BCUT2D eigenvalue weighted by Crippen LogP contribution is -2.25. The average Bonchev–Trinajstić information content (AvgIpc) is 2.45. The summed E-state index contributed by atoms with van der Waals surface area (Å²) in [6.45, 7) is 0.269. The fraction of sp³-hybridized carbons (Fsp3) is 0.429. The Hall–Kier alpha value is -1.88. The third kappa shape index (κ3) is 6.01. The number of carbonyl (C=O) groups excluding carboxylic acids is 2. The summed E-state index contributed by atoms with van der Waals surface area (Å²) in [5, 5.41) is 1.15. The number of carbonyl (C=O) groups is 2. The summed E-state index contributed by atoms with van der Waals surface area (Å²) >= 11 is 0. The molecule has 0 radical (unpaired) electrons. The zero-order valence-electron chi connectivity index (χ0n) is 11.3. The van der Waals surface area contributed by atoms with Crippen molar-refractivity contribution < 1.29 is 19.2 Å². The van der Waals surface area contributed by atoms with Crippen molar-refractivity contribution in [1.29, 1.82) is 0 Å². The van der Waals surface area contributed by atoms with Crippen LogP contribution in [0.5, 0.6) is 0 Å². The van der Waals surface area contributed by atoms with E-state index >= 15 is 0 Å². The SMILES string of the molecule is CON(C)C(=O)CCCC(=O)OCc1ccccc1. The molecule has 1 rings (SSSR count). The molecule has 0 spiro atoms. The quantitative estimate of drug-likeness (QED) is 0.558. The highest BCUT2D eigenvalue weighted by Gasteiger charge is 2.09. The molecule has 104 valence electrons. The first kappa shape index (κ1) is 15.2. The van der Waals surface area contributed by atoms with Crippen molar-refractivity contribution in [2.75, 3.05) is 14.2 Å². The van der Waals surface area contributed by atoms with Crippen molar-refractivity contribution in [3.8, 4) is 0 Å². The lowest BCUT2D eigenvalue weighted by molar-refractivity contribution is -0.168. The monoisotopic (exact) mass is 265 g/mol. The second kappa shape index (κ2) is 8.26. The molecular formula is C14H19NO4. The van der Waals surface area contributed by atoms with E-state index in [1.165, 1.54) is 14.2 Å². The summed E-state index contributed by atoms with van der Waals surface area (Å²) < 4.78 is 5.10. The number of hydroxylamine groups is 2. The van der Waals surface area contributed by atoms with Gasteiger partial charge in [0.15, 0.2) is 0 Å². The van der Waals surface area contributed by atoms with Gasteiger partial charge in [-0.25, -0.2) is 5.06 Å². The van der Waals surface area contributed by atoms with Crippen LogP contribution in [0.15, 0.2) is 30.3 Å². The molecule has 0 aliphatic rings. The van der Waals surface area contributed by atoms with E-state index < -0.39 is 0 Å². The minimum absolute atomic E-state index is 0.154. The van der Waals surface area contributed by atoms with Crippen LogP contribution in [-0.2, 0) is 25.8 Å². The first-order chi connectivity index (χ1) is 9.13. The van der Waals surface area contributed by atoms with Crippen molar-refractivity contribution in [2.24, 2.45) is 0 Å². The van der Waals surface area contributed by atoms with Gasteiger partial charge in [-0.15, -0.1) is 0 Å². The van der Waals surface area contributed by atoms with E-state index in [0.29, 0.717) is 6.42 Å². The molecule has 0 aliphatic carbocycles. The summed E-state index contributed by atoms with van der Waals surface area (Å²) in [4.78, 5) is 27.6.